The van der Waals surface area contributed by atoms with E-state index in [0.717, 1.165) is 12.8 Å². The van der Waals surface area contributed by atoms with E-state index in [9.17, 15) is 8.42 Å². The van der Waals surface area contributed by atoms with E-state index in [1.54, 1.807) is 30.3 Å². The number of para-hydroxylation sites is 2. The molecule has 0 unspecified atom stereocenters. The average Bonchev–Trinajstić information content (AvgIpc) is 2.70. The van der Waals surface area contributed by atoms with Crippen LogP contribution in [0.15, 0.2) is 47.4 Å². The van der Waals surface area contributed by atoms with Crippen LogP contribution in [0.5, 0.6) is 5.75 Å². The minimum absolute atomic E-state index is 0.0458. The van der Waals surface area contributed by atoms with Crippen molar-refractivity contribution >= 4 is 50.3 Å². The maximum Gasteiger partial charge on any atom is 0.263 e. The summed E-state index contributed by atoms with van der Waals surface area (Å²) in [6.45, 7) is 0. The molecule has 0 radical (unpaired) electrons. The topological polar surface area (TPSA) is 79.5 Å². The second-order valence-corrected chi connectivity index (χ2v) is 9.35. The van der Waals surface area contributed by atoms with Crippen LogP contribution in [-0.4, -0.2) is 26.7 Å². The molecule has 29 heavy (non-hydrogen) atoms. The first-order valence-electron chi connectivity index (χ1n) is 9.42. The number of thiocarbonyl (C=S) groups is 1. The van der Waals surface area contributed by atoms with Gasteiger partial charge >= 0.3 is 0 Å². The molecule has 1 saturated carbocycles. The zero-order valence-corrected chi connectivity index (χ0v) is 18.5. The van der Waals surface area contributed by atoms with Crippen molar-refractivity contribution in [2.45, 2.75) is 43.0 Å². The minimum Gasteiger partial charge on any atom is -0.495 e. The smallest absolute Gasteiger partial charge is 0.263 e. The summed E-state index contributed by atoms with van der Waals surface area (Å²) in [5, 5.41) is 6.95. The van der Waals surface area contributed by atoms with Gasteiger partial charge in [0.25, 0.3) is 10.0 Å². The van der Waals surface area contributed by atoms with Crippen molar-refractivity contribution in [2.24, 2.45) is 0 Å². The Kier molecular flexibility index (Phi) is 7.21. The van der Waals surface area contributed by atoms with Crippen LogP contribution in [0.2, 0.25) is 5.02 Å². The standard InChI is InChI=1S/C20H24ClN3O3S2/c1-27-18-10-6-5-9-17(18)24-29(25,26)19-13-15(11-12-16(19)21)23-20(28)22-14-7-3-2-4-8-14/h5-6,9-14,24H,2-4,7-8H2,1H3,(H2,22,23,28). The molecule has 6 nitrogen and oxygen atoms in total. The summed E-state index contributed by atoms with van der Waals surface area (Å²) in [6, 6.07) is 11.8. The highest BCUT2D eigenvalue weighted by Crippen LogP contribution is 2.30. The molecule has 3 rings (SSSR count). The van der Waals surface area contributed by atoms with E-state index in [1.807, 2.05) is 0 Å². The van der Waals surface area contributed by atoms with E-state index in [0.29, 0.717) is 28.3 Å². The lowest BCUT2D eigenvalue weighted by atomic mass is 9.96. The molecular formula is C20H24ClN3O3S2. The molecule has 3 N–H and O–H groups in total. The van der Waals surface area contributed by atoms with Crippen molar-refractivity contribution in [1.82, 2.24) is 5.32 Å². The number of anilines is 2. The van der Waals surface area contributed by atoms with Crippen LogP contribution >= 0.6 is 23.8 Å². The van der Waals surface area contributed by atoms with Gasteiger partial charge in [0.2, 0.25) is 0 Å². The predicted molar refractivity (Wildman–Crippen MR) is 121 cm³/mol. The second-order valence-electron chi connectivity index (χ2n) is 6.88. The summed E-state index contributed by atoms with van der Waals surface area (Å²) in [7, 11) is -2.45. The number of methoxy groups -OCH3 is 1. The molecule has 2 aromatic rings. The van der Waals surface area contributed by atoms with Crippen molar-refractivity contribution in [2.75, 3.05) is 17.1 Å². The van der Waals surface area contributed by atoms with Crippen molar-refractivity contribution < 1.29 is 13.2 Å². The van der Waals surface area contributed by atoms with Crippen LogP contribution in [0.1, 0.15) is 32.1 Å². The first kappa shape index (κ1) is 21.7. The minimum atomic E-state index is -3.93. The molecule has 9 heteroatoms. The number of hydrogen-bond donors (Lipinski definition) is 3. The molecule has 1 fully saturated rings. The molecule has 0 heterocycles. The summed E-state index contributed by atoms with van der Waals surface area (Å²) in [5.41, 5.74) is 0.877. The van der Waals surface area contributed by atoms with Crippen LogP contribution in [0, 0.1) is 0 Å². The number of rotatable bonds is 6. The van der Waals surface area contributed by atoms with E-state index >= 15 is 0 Å². The first-order chi connectivity index (χ1) is 13.9. The van der Waals surface area contributed by atoms with Gasteiger partial charge in [-0.25, -0.2) is 8.42 Å². The van der Waals surface area contributed by atoms with E-state index in [1.165, 1.54) is 38.5 Å². The normalized spacial score (nSPS) is 14.8. The first-order valence-corrected chi connectivity index (χ1v) is 11.7. The summed E-state index contributed by atoms with van der Waals surface area (Å²) >= 11 is 11.6. The second kappa shape index (κ2) is 9.65. The summed E-state index contributed by atoms with van der Waals surface area (Å²) in [5.74, 6) is 0.416. The quantitative estimate of drug-likeness (QED) is 0.547. The summed E-state index contributed by atoms with van der Waals surface area (Å²) in [6.07, 6.45) is 5.82. The van der Waals surface area contributed by atoms with Gasteiger partial charge in [-0.15, -0.1) is 0 Å². The molecule has 0 aliphatic heterocycles. The van der Waals surface area contributed by atoms with E-state index in [-0.39, 0.29) is 9.92 Å². The summed E-state index contributed by atoms with van der Waals surface area (Å²) in [4.78, 5) is -0.0458. The Balaban J connectivity index is 1.76. The lowest BCUT2D eigenvalue weighted by molar-refractivity contribution is 0.415. The van der Waals surface area contributed by atoms with E-state index < -0.39 is 10.0 Å². The predicted octanol–water partition coefficient (Wildman–Crippen LogP) is 4.77. The number of nitrogens with one attached hydrogen (secondary N) is 3. The Labute approximate surface area is 182 Å². The van der Waals surface area contributed by atoms with Gasteiger partial charge in [-0.2, -0.15) is 0 Å². The highest BCUT2D eigenvalue weighted by molar-refractivity contribution is 7.92. The van der Waals surface area contributed by atoms with Gasteiger partial charge in [0.1, 0.15) is 10.6 Å². The number of halogens is 1. The number of sulfonamides is 1. The molecule has 0 atom stereocenters. The third kappa shape index (κ3) is 5.74. The Bertz CT molecular complexity index is 977. The molecule has 156 valence electrons. The fourth-order valence-electron chi connectivity index (χ4n) is 3.32. The van der Waals surface area contributed by atoms with Crippen molar-refractivity contribution in [1.29, 1.82) is 0 Å². The molecular weight excluding hydrogens is 430 g/mol. The largest absolute Gasteiger partial charge is 0.495 e. The van der Waals surface area contributed by atoms with Gasteiger partial charge < -0.3 is 15.4 Å². The zero-order valence-electron chi connectivity index (χ0n) is 16.1. The molecule has 0 saturated heterocycles. The lowest BCUT2D eigenvalue weighted by Crippen LogP contribution is -2.38. The van der Waals surface area contributed by atoms with E-state index in [2.05, 4.69) is 15.4 Å². The van der Waals surface area contributed by atoms with Crippen molar-refractivity contribution in [3.05, 3.63) is 47.5 Å². The van der Waals surface area contributed by atoms with Gasteiger partial charge in [-0.1, -0.05) is 43.0 Å². The van der Waals surface area contributed by atoms with Gasteiger partial charge in [-0.05, 0) is 55.4 Å². The molecule has 0 amide bonds. The maximum absolute atomic E-state index is 12.9. The highest BCUT2D eigenvalue weighted by Gasteiger charge is 2.21. The molecule has 1 aliphatic rings. The molecule has 0 spiro atoms. The molecule has 2 aromatic carbocycles. The number of benzene rings is 2. The van der Waals surface area contributed by atoms with Crippen LogP contribution in [0.25, 0.3) is 0 Å². The Morgan fingerprint density at radius 3 is 2.59 bits per heavy atom. The van der Waals surface area contributed by atoms with Crippen molar-refractivity contribution in [3.63, 3.8) is 0 Å². The fourth-order valence-corrected chi connectivity index (χ4v) is 5.20. The van der Waals surface area contributed by atoms with Crippen LogP contribution < -0.4 is 20.1 Å². The fraction of sp³-hybridized carbons (Fsp3) is 0.350. The maximum atomic E-state index is 12.9. The van der Waals surface area contributed by atoms with Crippen LogP contribution in [0.3, 0.4) is 0 Å². The number of hydrogen-bond acceptors (Lipinski definition) is 4. The average molecular weight is 454 g/mol. The van der Waals surface area contributed by atoms with Gasteiger partial charge in [0, 0.05) is 11.7 Å². The van der Waals surface area contributed by atoms with Crippen LogP contribution in [-0.2, 0) is 10.0 Å². The van der Waals surface area contributed by atoms with Gasteiger partial charge in [0.05, 0.1) is 17.8 Å². The monoisotopic (exact) mass is 453 g/mol. The third-order valence-corrected chi connectivity index (χ3v) is 6.84. The van der Waals surface area contributed by atoms with Crippen molar-refractivity contribution in [3.8, 4) is 5.75 Å². The van der Waals surface area contributed by atoms with Gasteiger partial charge in [0.15, 0.2) is 5.11 Å². The Hall–Kier alpha value is -2.03. The SMILES string of the molecule is COc1ccccc1NS(=O)(=O)c1cc(NC(=S)NC2CCCCC2)ccc1Cl. The van der Waals surface area contributed by atoms with E-state index in [4.69, 9.17) is 28.6 Å². The lowest BCUT2D eigenvalue weighted by Gasteiger charge is -2.24. The zero-order chi connectivity index (χ0) is 20.9. The van der Waals surface area contributed by atoms with Gasteiger partial charge in [-0.3, -0.25) is 4.72 Å². The molecule has 0 bridgehead atoms. The van der Waals surface area contributed by atoms with Crippen LogP contribution in [0.4, 0.5) is 11.4 Å². The Morgan fingerprint density at radius 2 is 1.86 bits per heavy atom. The molecule has 0 aromatic heterocycles. The molecule has 1 aliphatic carbocycles. The third-order valence-electron chi connectivity index (χ3n) is 4.77. The summed E-state index contributed by atoms with van der Waals surface area (Å²) < 4.78 is 33.6. The Morgan fingerprint density at radius 1 is 1.14 bits per heavy atom. The highest BCUT2D eigenvalue weighted by atomic mass is 35.5. The number of ether oxygens (including phenoxy) is 1.